The lowest BCUT2D eigenvalue weighted by atomic mass is 10.1. The van der Waals surface area contributed by atoms with Crippen LogP contribution >= 0.6 is 0 Å². The lowest BCUT2D eigenvalue weighted by Gasteiger charge is -2.07. The van der Waals surface area contributed by atoms with E-state index in [2.05, 4.69) is 5.32 Å². The van der Waals surface area contributed by atoms with Gasteiger partial charge in [-0.1, -0.05) is 0 Å². The van der Waals surface area contributed by atoms with Crippen molar-refractivity contribution >= 4 is 23.3 Å². The minimum Gasteiger partial charge on any atom is -0.478 e. The Kier molecular flexibility index (Phi) is 3.01. The summed E-state index contributed by atoms with van der Waals surface area (Å²) in [5.74, 6) is -1.59. The molecule has 0 bridgehead atoms. The summed E-state index contributed by atoms with van der Waals surface area (Å²) in [5, 5.41) is 11.5. The molecule has 0 atom stereocenters. The van der Waals surface area contributed by atoms with Gasteiger partial charge in [0.2, 0.25) is 0 Å². The van der Waals surface area contributed by atoms with Gasteiger partial charge in [0.05, 0.1) is 17.5 Å². The Morgan fingerprint density at radius 1 is 1.28 bits per heavy atom. The molecular weight excluding hydrogens is 236 g/mol. The first-order chi connectivity index (χ1) is 8.58. The number of rotatable bonds is 3. The Hall–Kier alpha value is -2.76. The molecular formula is C12H10N2O4. The normalized spacial score (nSPS) is 10.0. The molecule has 0 fully saturated rings. The number of hydrogen-bond acceptors (Lipinski definition) is 4. The zero-order valence-corrected chi connectivity index (χ0v) is 9.21. The molecule has 0 spiro atoms. The molecule has 0 saturated heterocycles. The second-order valence-corrected chi connectivity index (χ2v) is 3.54. The van der Waals surface area contributed by atoms with Crippen molar-refractivity contribution < 1.29 is 19.1 Å². The Morgan fingerprint density at radius 2 is 2.06 bits per heavy atom. The zero-order valence-electron chi connectivity index (χ0n) is 9.21. The number of benzene rings is 1. The van der Waals surface area contributed by atoms with Crippen LogP contribution in [0.5, 0.6) is 0 Å². The summed E-state index contributed by atoms with van der Waals surface area (Å²) in [6.45, 7) is 0. The third-order valence-corrected chi connectivity index (χ3v) is 2.27. The molecule has 6 heteroatoms. The largest absolute Gasteiger partial charge is 0.478 e. The van der Waals surface area contributed by atoms with Gasteiger partial charge in [-0.2, -0.15) is 0 Å². The summed E-state index contributed by atoms with van der Waals surface area (Å²) in [6, 6.07) is 7.26. The van der Waals surface area contributed by atoms with E-state index in [1.807, 2.05) is 0 Å². The van der Waals surface area contributed by atoms with E-state index in [1.165, 1.54) is 30.5 Å². The molecule has 0 unspecified atom stereocenters. The number of anilines is 2. The summed E-state index contributed by atoms with van der Waals surface area (Å²) >= 11 is 0. The summed E-state index contributed by atoms with van der Waals surface area (Å²) in [7, 11) is 0. The van der Waals surface area contributed by atoms with E-state index in [0.717, 1.165) is 0 Å². The van der Waals surface area contributed by atoms with Gasteiger partial charge in [-0.3, -0.25) is 4.79 Å². The number of aromatic carboxylic acids is 1. The molecule has 4 N–H and O–H groups in total. The Labute approximate surface area is 102 Å². The number of carboxylic acids is 1. The minimum atomic E-state index is -1.17. The van der Waals surface area contributed by atoms with Crippen molar-refractivity contribution in [3.63, 3.8) is 0 Å². The highest BCUT2D eigenvalue weighted by atomic mass is 16.4. The van der Waals surface area contributed by atoms with E-state index in [-0.39, 0.29) is 17.0 Å². The second kappa shape index (κ2) is 4.62. The van der Waals surface area contributed by atoms with Crippen molar-refractivity contribution in [2.45, 2.75) is 0 Å². The number of nitrogen functional groups attached to an aromatic ring is 1. The number of furan rings is 1. The van der Waals surface area contributed by atoms with E-state index in [4.69, 9.17) is 15.3 Å². The topological polar surface area (TPSA) is 106 Å². The van der Waals surface area contributed by atoms with E-state index in [1.54, 1.807) is 6.07 Å². The lowest BCUT2D eigenvalue weighted by molar-refractivity contribution is 0.0698. The number of amides is 1. The number of carbonyl (C=O) groups is 2. The Bertz CT molecular complexity index is 590. The van der Waals surface area contributed by atoms with E-state index in [0.29, 0.717) is 5.69 Å². The lowest BCUT2D eigenvalue weighted by Crippen LogP contribution is -2.14. The molecule has 0 aliphatic carbocycles. The van der Waals surface area contributed by atoms with E-state index in [9.17, 15) is 9.59 Å². The van der Waals surface area contributed by atoms with Crippen LogP contribution in [0, 0.1) is 0 Å². The fourth-order valence-electron chi connectivity index (χ4n) is 1.44. The third kappa shape index (κ3) is 2.32. The van der Waals surface area contributed by atoms with Crippen LogP contribution in [0.25, 0.3) is 0 Å². The van der Waals surface area contributed by atoms with Crippen molar-refractivity contribution in [3.05, 3.63) is 47.9 Å². The van der Waals surface area contributed by atoms with E-state index >= 15 is 0 Å². The van der Waals surface area contributed by atoms with Gasteiger partial charge in [-0.15, -0.1) is 0 Å². The van der Waals surface area contributed by atoms with Gasteiger partial charge >= 0.3 is 5.97 Å². The molecule has 6 nitrogen and oxygen atoms in total. The molecule has 0 saturated carbocycles. The number of nitrogens with one attached hydrogen (secondary N) is 1. The van der Waals surface area contributed by atoms with Crippen LogP contribution < -0.4 is 11.1 Å². The average Bonchev–Trinajstić information content (AvgIpc) is 2.84. The molecule has 0 aliphatic heterocycles. The van der Waals surface area contributed by atoms with Gasteiger partial charge < -0.3 is 20.6 Å². The number of hydrogen-bond donors (Lipinski definition) is 3. The Morgan fingerprint density at radius 3 is 2.67 bits per heavy atom. The Balaban J connectivity index is 2.29. The van der Waals surface area contributed by atoms with E-state index < -0.39 is 11.9 Å². The van der Waals surface area contributed by atoms with Gasteiger partial charge in [-0.05, 0) is 30.3 Å². The van der Waals surface area contributed by atoms with Crippen molar-refractivity contribution in [3.8, 4) is 0 Å². The van der Waals surface area contributed by atoms with Crippen LogP contribution in [0.15, 0.2) is 41.0 Å². The summed E-state index contributed by atoms with van der Waals surface area (Å²) in [4.78, 5) is 22.7. The molecule has 0 aliphatic rings. The molecule has 0 radical (unpaired) electrons. The predicted octanol–water partition coefficient (Wildman–Crippen LogP) is 1.81. The summed E-state index contributed by atoms with van der Waals surface area (Å²) in [5.41, 5.74) is 5.90. The summed E-state index contributed by atoms with van der Waals surface area (Å²) < 4.78 is 4.91. The molecule has 1 heterocycles. The van der Waals surface area contributed by atoms with Crippen LogP contribution in [0.1, 0.15) is 20.9 Å². The van der Waals surface area contributed by atoms with Crippen molar-refractivity contribution in [2.75, 3.05) is 11.1 Å². The van der Waals surface area contributed by atoms with Crippen molar-refractivity contribution in [1.29, 1.82) is 0 Å². The zero-order chi connectivity index (χ0) is 13.1. The number of nitrogens with two attached hydrogens (primary N) is 1. The molecule has 1 aromatic carbocycles. The highest BCUT2D eigenvalue weighted by molar-refractivity contribution is 6.06. The van der Waals surface area contributed by atoms with Crippen molar-refractivity contribution in [1.82, 2.24) is 0 Å². The first kappa shape index (κ1) is 11.7. The highest BCUT2D eigenvalue weighted by Crippen LogP contribution is 2.19. The standard InChI is InChI=1S/C12H10N2O4/c13-7-3-4-9(8(6-7)12(16)17)14-11(15)10-2-1-5-18-10/h1-6H,13H2,(H,14,15)(H,16,17). The van der Waals surface area contributed by atoms with Crippen LogP contribution in [0.3, 0.4) is 0 Å². The molecule has 2 rings (SSSR count). The molecule has 1 aromatic heterocycles. The quantitative estimate of drug-likeness (QED) is 0.716. The first-order valence-corrected chi connectivity index (χ1v) is 5.05. The van der Waals surface area contributed by atoms with Gasteiger partial charge in [0.1, 0.15) is 0 Å². The molecule has 18 heavy (non-hydrogen) atoms. The van der Waals surface area contributed by atoms with Gasteiger partial charge in [-0.25, -0.2) is 4.79 Å². The maximum absolute atomic E-state index is 11.7. The minimum absolute atomic E-state index is 0.0742. The van der Waals surface area contributed by atoms with Gasteiger partial charge in [0.15, 0.2) is 5.76 Å². The van der Waals surface area contributed by atoms with Crippen LogP contribution in [0.4, 0.5) is 11.4 Å². The van der Waals surface area contributed by atoms with Crippen molar-refractivity contribution in [2.24, 2.45) is 0 Å². The fourth-order valence-corrected chi connectivity index (χ4v) is 1.44. The summed E-state index contributed by atoms with van der Waals surface area (Å²) in [6.07, 6.45) is 1.36. The molecule has 1 amide bonds. The third-order valence-electron chi connectivity index (χ3n) is 2.27. The predicted molar refractivity (Wildman–Crippen MR) is 64.5 cm³/mol. The maximum Gasteiger partial charge on any atom is 0.337 e. The first-order valence-electron chi connectivity index (χ1n) is 5.05. The van der Waals surface area contributed by atoms with Crippen LogP contribution in [-0.4, -0.2) is 17.0 Å². The highest BCUT2D eigenvalue weighted by Gasteiger charge is 2.15. The average molecular weight is 246 g/mol. The maximum atomic E-state index is 11.7. The van der Waals surface area contributed by atoms with Gasteiger partial charge in [0, 0.05) is 5.69 Å². The molecule has 2 aromatic rings. The SMILES string of the molecule is Nc1ccc(NC(=O)c2ccco2)c(C(=O)O)c1. The monoisotopic (exact) mass is 246 g/mol. The second-order valence-electron chi connectivity index (χ2n) is 3.54. The number of carboxylic acid groups (broad SMARTS) is 1. The van der Waals surface area contributed by atoms with Crippen LogP contribution in [0.2, 0.25) is 0 Å². The smallest absolute Gasteiger partial charge is 0.337 e. The van der Waals surface area contributed by atoms with Crippen LogP contribution in [-0.2, 0) is 0 Å². The van der Waals surface area contributed by atoms with Gasteiger partial charge in [0.25, 0.3) is 5.91 Å². The molecule has 92 valence electrons. The fraction of sp³-hybridized carbons (Fsp3) is 0. The number of carbonyl (C=O) groups excluding carboxylic acids is 1.